The molecule has 1 fully saturated rings. The molecule has 0 spiro atoms. The Hall–Kier alpha value is -2.56. The van der Waals surface area contributed by atoms with Crippen molar-refractivity contribution in [2.45, 2.75) is 46.1 Å². The minimum atomic E-state index is -0.131. The van der Waals surface area contributed by atoms with Gasteiger partial charge in [0.25, 0.3) is 5.91 Å². The summed E-state index contributed by atoms with van der Waals surface area (Å²) in [7, 11) is 0. The highest BCUT2D eigenvalue weighted by Crippen LogP contribution is 2.24. The number of anilines is 3. The number of aromatic nitrogens is 1. The molecule has 0 bridgehead atoms. The molecular formula is C22H30N4O. The molecule has 0 unspecified atom stereocenters. The van der Waals surface area contributed by atoms with Crippen LogP contribution in [0.2, 0.25) is 0 Å². The second kappa shape index (κ2) is 7.99. The molecule has 27 heavy (non-hydrogen) atoms. The zero-order valence-corrected chi connectivity index (χ0v) is 16.7. The van der Waals surface area contributed by atoms with Crippen molar-refractivity contribution in [3.63, 3.8) is 0 Å². The molecule has 1 aliphatic rings. The summed E-state index contributed by atoms with van der Waals surface area (Å²) in [5.74, 6) is 1.39. The predicted octanol–water partition coefficient (Wildman–Crippen LogP) is 4.78. The number of rotatable bonds is 4. The highest BCUT2D eigenvalue weighted by Gasteiger charge is 2.16. The molecule has 5 nitrogen and oxygen atoms in total. The molecule has 1 aliphatic heterocycles. The first kappa shape index (κ1) is 19.2. The smallest absolute Gasteiger partial charge is 0.255 e. The Balaban J connectivity index is 1.63. The number of benzene rings is 1. The maximum Gasteiger partial charge on any atom is 0.255 e. The minimum absolute atomic E-state index is 0.107. The predicted molar refractivity (Wildman–Crippen MR) is 113 cm³/mol. The fourth-order valence-electron chi connectivity index (χ4n) is 3.25. The zero-order chi connectivity index (χ0) is 19.4. The van der Waals surface area contributed by atoms with Crippen molar-refractivity contribution in [2.24, 2.45) is 5.92 Å². The Morgan fingerprint density at radius 1 is 1.11 bits per heavy atom. The molecule has 1 aromatic heterocycles. The summed E-state index contributed by atoms with van der Waals surface area (Å²) in [5, 5.41) is 6.26. The van der Waals surface area contributed by atoms with Gasteiger partial charge >= 0.3 is 0 Å². The Kier molecular flexibility index (Phi) is 5.68. The zero-order valence-electron chi connectivity index (χ0n) is 16.7. The lowest BCUT2D eigenvalue weighted by atomic mass is 9.99. The quantitative estimate of drug-likeness (QED) is 0.817. The third-order valence-electron chi connectivity index (χ3n) is 4.80. The number of pyridine rings is 1. The molecule has 1 saturated heterocycles. The summed E-state index contributed by atoms with van der Waals surface area (Å²) in [5.41, 5.74) is 2.51. The van der Waals surface area contributed by atoms with Gasteiger partial charge in [0.1, 0.15) is 5.82 Å². The van der Waals surface area contributed by atoms with Gasteiger partial charge in [-0.1, -0.05) is 6.92 Å². The summed E-state index contributed by atoms with van der Waals surface area (Å²) < 4.78 is 0. The molecule has 1 aromatic carbocycles. The van der Waals surface area contributed by atoms with E-state index < -0.39 is 0 Å². The van der Waals surface area contributed by atoms with Crippen molar-refractivity contribution in [2.75, 3.05) is 28.6 Å². The van der Waals surface area contributed by atoms with Gasteiger partial charge in [-0.2, -0.15) is 0 Å². The second-order valence-electron chi connectivity index (χ2n) is 8.48. The SMILES string of the molecule is CC1CCN(c2ccc(NC(=O)c3ccnc(NC(C)(C)C)c3)cc2)CC1. The van der Waals surface area contributed by atoms with Crippen molar-refractivity contribution in [1.82, 2.24) is 4.98 Å². The van der Waals surface area contributed by atoms with Gasteiger partial charge < -0.3 is 15.5 Å². The number of hydrogen-bond acceptors (Lipinski definition) is 4. The fourth-order valence-corrected chi connectivity index (χ4v) is 3.25. The van der Waals surface area contributed by atoms with Gasteiger partial charge in [-0.15, -0.1) is 0 Å². The minimum Gasteiger partial charge on any atom is -0.372 e. The third kappa shape index (κ3) is 5.46. The van der Waals surface area contributed by atoms with Crippen molar-refractivity contribution in [3.05, 3.63) is 48.2 Å². The van der Waals surface area contributed by atoms with Crippen LogP contribution in [-0.2, 0) is 0 Å². The van der Waals surface area contributed by atoms with E-state index in [0.29, 0.717) is 11.4 Å². The monoisotopic (exact) mass is 366 g/mol. The lowest BCUT2D eigenvalue weighted by Crippen LogP contribution is -2.32. The molecule has 2 heterocycles. The maximum atomic E-state index is 12.6. The Morgan fingerprint density at radius 3 is 2.41 bits per heavy atom. The Bertz CT molecular complexity index is 772. The van der Waals surface area contributed by atoms with Gasteiger partial charge in [0.2, 0.25) is 0 Å². The topological polar surface area (TPSA) is 57.3 Å². The van der Waals surface area contributed by atoms with Crippen LogP contribution in [0.4, 0.5) is 17.2 Å². The fraction of sp³-hybridized carbons (Fsp3) is 0.455. The molecule has 2 aromatic rings. The molecule has 144 valence electrons. The molecule has 0 atom stereocenters. The van der Waals surface area contributed by atoms with E-state index in [2.05, 4.69) is 60.3 Å². The number of piperidine rings is 1. The van der Waals surface area contributed by atoms with E-state index in [-0.39, 0.29) is 11.4 Å². The van der Waals surface area contributed by atoms with Gasteiger partial charge in [-0.25, -0.2) is 4.98 Å². The van der Waals surface area contributed by atoms with Crippen LogP contribution in [0, 0.1) is 5.92 Å². The number of amides is 1. The summed E-state index contributed by atoms with van der Waals surface area (Å²) in [6, 6.07) is 11.6. The number of hydrogen-bond donors (Lipinski definition) is 2. The number of carbonyl (C=O) groups excluding carboxylic acids is 1. The lowest BCUT2D eigenvalue weighted by Gasteiger charge is -2.32. The van der Waals surface area contributed by atoms with E-state index in [1.807, 2.05) is 12.1 Å². The van der Waals surface area contributed by atoms with E-state index in [1.165, 1.54) is 18.5 Å². The molecule has 5 heteroatoms. The van der Waals surface area contributed by atoms with Crippen LogP contribution in [0.25, 0.3) is 0 Å². The van der Waals surface area contributed by atoms with Crippen LogP contribution in [0.3, 0.4) is 0 Å². The van der Waals surface area contributed by atoms with Crippen molar-refractivity contribution in [3.8, 4) is 0 Å². The molecule has 0 aliphatic carbocycles. The molecule has 0 radical (unpaired) electrons. The van der Waals surface area contributed by atoms with E-state index in [4.69, 9.17) is 0 Å². The lowest BCUT2D eigenvalue weighted by molar-refractivity contribution is 0.102. The highest BCUT2D eigenvalue weighted by atomic mass is 16.1. The van der Waals surface area contributed by atoms with Crippen LogP contribution in [0.15, 0.2) is 42.6 Å². The Morgan fingerprint density at radius 2 is 1.78 bits per heavy atom. The van der Waals surface area contributed by atoms with Crippen LogP contribution in [0.5, 0.6) is 0 Å². The first-order valence-electron chi connectivity index (χ1n) is 9.71. The average Bonchev–Trinajstić information content (AvgIpc) is 2.62. The molecule has 0 saturated carbocycles. The van der Waals surface area contributed by atoms with Crippen LogP contribution >= 0.6 is 0 Å². The molecule has 2 N–H and O–H groups in total. The maximum absolute atomic E-state index is 12.6. The van der Waals surface area contributed by atoms with Gasteiger partial charge in [0, 0.05) is 41.8 Å². The summed E-state index contributed by atoms with van der Waals surface area (Å²) in [6.45, 7) is 10.7. The van der Waals surface area contributed by atoms with E-state index in [9.17, 15) is 4.79 Å². The van der Waals surface area contributed by atoms with Crippen LogP contribution < -0.4 is 15.5 Å². The standard InChI is InChI=1S/C22H30N4O/c1-16-10-13-26(14-11-16)19-7-5-18(6-8-19)24-21(27)17-9-12-23-20(15-17)25-22(2,3)4/h5-9,12,15-16H,10-11,13-14H2,1-4H3,(H,23,25)(H,24,27). The molecular weight excluding hydrogens is 336 g/mol. The number of carbonyl (C=O) groups is 1. The van der Waals surface area contributed by atoms with Gasteiger partial charge in [0.05, 0.1) is 0 Å². The van der Waals surface area contributed by atoms with E-state index in [1.54, 1.807) is 18.3 Å². The molecule has 1 amide bonds. The van der Waals surface area contributed by atoms with Crippen molar-refractivity contribution >= 4 is 23.1 Å². The van der Waals surface area contributed by atoms with Crippen molar-refractivity contribution in [1.29, 1.82) is 0 Å². The van der Waals surface area contributed by atoms with E-state index >= 15 is 0 Å². The number of nitrogens with zero attached hydrogens (tertiary/aromatic N) is 2. The Labute approximate surface area is 162 Å². The largest absolute Gasteiger partial charge is 0.372 e. The summed E-state index contributed by atoms with van der Waals surface area (Å²) in [6.07, 6.45) is 4.14. The van der Waals surface area contributed by atoms with Gasteiger partial charge in [-0.05, 0) is 75.9 Å². The average molecular weight is 367 g/mol. The second-order valence-corrected chi connectivity index (χ2v) is 8.48. The first-order valence-corrected chi connectivity index (χ1v) is 9.71. The summed E-state index contributed by atoms with van der Waals surface area (Å²) >= 11 is 0. The van der Waals surface area contributed by atoms with Crippen LogP contribution in [-0.4, -0.2) is 29.5 Å². The number of nitrogens with one attached hydrogen (secondary N) is 2. The normalized spacial score (nSPS) is 15.5. The highest BCUT2D eigenvalue weighted by molar-refractivity contribution is 6.04. The van der Waals surface area contributed by atoms with Crippen molar-refractivity contribution < 1.29 is 4.79 Å². The van der Waals surface area contributed by atoms with E-state index in [0.717, 1.165) is 24.7 Å². The summed E-state index contributed by atoms with van der Waals surface area (Å²) in [4.78, 5) is 19.3. The third-order valence-corrected chi connectivity index (χ3v) is 4.80. The molecule has 3 rings (SSSR count). The van der Waals surface area contributed by atoms with Gasteiger partial charge in [-0.3, -0.25) is 4.79 Å². The first-order chi connectivity index (χ1) is 12.8. The van der Waals surface area contributed by atoms with Crippen LogP contribution in [0.1, 0.15) is 50.9 Å². The van der Waals surface area contributed by atoms with Gasteiger partial charge in [0.15, 0.2) is 0 Å².